The van der Waals surface area contributed by atoms with Crippen LogP contribution in [0.15, 0.2) is 76.3 Å². The number of phenolic OH excluding ortho intramolecular Hbond substituents is 1. The first-order valence-corrected chi connectivity index (χ1v) is 17.3. The Morgan fingerprint density at radius 1 is 0.660 bits per heavy atom. The molecule has 3 N–H and O–H groups in total. The number of aromatic hydroxyl groups is 1. The fraction of sp³-hybridized carbons (Fsp3) is 0.250. The number of aromatic nitrogens is 4. The van der Waals surface area contributed by atoms with Gasteiger partial charge in [-0.1, -0.05) is 32.0 Å². The zero-order valence-corrected chi connectivity index (χ0v) is 28.7. The Bertz CT molecular complexity index is 2750. The maximum absolute atomic E-state index is 13.0. The monoisotopic (exact) mass is 712 g/mol. The molecule has 10 rings (SSSR count). The van der Waals surface area contributed by atoms with Gasteiger partial charge in [0.2, 0.25) is 0 Å². The first kappa shape index (κ1) is 32.7. The highest BCUT2D eigenvalue weighted by Gasteiger charge is 2.46. The van der Waals surface area contributed by atoms with Crippen molar-refractivity contribution in [2.45, 2.75) is 64.2 Å². The number of ether oxygens (including phenoxy) is 2. The maximum Gasteiger partial charge on any atom is 0.343 e. The number of fused-ring (bicyclic) bond motifs is 10. The molecule has 266 valence electrons. The Balaban J connectivity index is 0.000000141. The Morgan fingerprint density at radius 2 is 1.15 bits per heavy atom. The summed E-state index contributed by atoms with van der Waals surface area (Å²) >= 11 is 0. The normalized spacial score (nSPS) is 20.3. The summed E-state index contributed by atoms with van der Waals surface area (Å²) in [5.74, 6) is -1.34. The van der Waals surface area contributed by atoms with Crippen molar-refractivity contribution in [1.29, 1.82) is 0 Å². The molecule has 0 amide bonds. The van der Waals surface area contributed by atoms with Gasteiger partial charge in [0.1, 0.15) is 19.0 Å². The van der Waals surface area contributed by atoms with Gasteiger partial charge >= 0.3 is 11.9 Å². The summed E-state index contributed by atoms with van der Waals surface area (Å²) < 4.78 is 13.4. The van der Waals surface area contributed by atoms with E-state index in [4.69, 9.17) is 14.5 Å². The molecule has 2 aromatic carbocycles. The lowest BCUT2D eigenvalue weighted by Gasteiger charge is -2.31. The quantitative estimate of drug-likeness (QED) is 0.221. The van der Waals surface area contributed by atoms with E-state index in [0.29, 0.717) is 57.9 Å². The Hall–Kier alpha value is -6.18. The van der Waals surface area contributed by atoms with Gasteiger partial charge in [0.05, 0.1) is 58.0 Å². The molecule has 0 bridgehead atoms. The number of esters is 2. The lowest BCUT2D eigenvalue weighted by molar-refractivity contribution is -0.172. The average Bonchev–Trinajstić information content (AvgIpc) is 3.71. The first-order valence-electron chi connectivity index (χ1n) is 17.3. The average molecular weight is 713 g/mol. The molecule has 0 spiro atoms. The van der Waals surface area contributed by atoms with E-state index in [0.717, 1.165) is 33.1 Å². The molecule has 4 aliphatic heterocycles. The number of hydrogen-bond donors (Lipinski definition) is 3. The number of rotatable bonds is 2. The molecule has 13 heteroatoms. The van der Waals surface area contributed by atoms with Crippen LogP contribution < -0.4 is 11.1 Å². The summed E-state index contributed by atoms with van der Waals surface area (Å²) in [7, 11) is 0. The smallest absolute Gasteiger partial charge is 0.343 e. The minimum absolute atomic E-state index is 0.105. The van der Waals surface area contributed by atoms with Crippen molar-refractivity contribution in [2.75, 3.05) is 0 Å². The van der Waals surface area contributed by atoms with E-state index in [-0.39, 0.29) is 42.9 Å². The largest absolute Gasteiger partial charge is 0.508 e. The highest BCUT2D eigenvalue weighted by molar-refractivity contribution is 5.88. The number of pyridine rings is 4. The third kappa shape index (κ3) is 4.63. The molecule has 0 aliphatic carbocycles. The number of hydrogen-bond acceptors (Lipinski definition) is 11. The summed E-state index contributed by atoms with van der Waals surface area (Å²) in [5, 5.41) is 33.3. The van der Waals surface area contributed by atoms with E-state index in [1.54, 1.807) is 53.3 Å². The second-order valence-electron chi connectivity index (χ2n) is 13.8. The number of nitrogens with zero attached hydrogens (tertiary/aromatic N) is 4. The van der Waals surface area contributed by atoms with Crippen molar-refractivity contribution in [3.63, 3.8) is 0 Å². The number of carbonyl (C=O) groups excluding carboxylic acids is 2. The van der Waals surface area contributed by atoms with Crippen LogP contribution in [0.5, 0.6) is 5.75 Å². The second-order valence-corrected chi connectivity index (χ2v) is 13.8. The number of para-hydroxylation sites is 1. The molecule has 4 aromatic heterocycles. The Morgan fingerprint density at radius 3 is 1.68 bits per heavy atom. The topological polar surface area (TPSA) is 183 Å². The number of carbonyl (C=O) groups is 2. The van der Waals surface area contributed by atoms with Gasteiger partial charge in [0.25, 0.3) is 11.1 Å². The molecule has 2 atom stereocenters. The number of benzene rings is 2. The van der Waals surface area contributed by atoms with Gasteiger partial charge in [0.15, 0.2) is 11.2 Å². The van der Waals surface area contributed by atoms with Crippen LogP contribution in [0.2, 0.25) is 0 Å². The molecule has 6 aromatic rings. The molecule has 0 radical (unpaired) electrons. The van der Waals surface area contributed by atoms with Crippen molar-refractivity contribution < 1.29 is 34.4 Å². The standard InChI is InChI=1S/C20H16N2O5.C20H16N2O4/c1-2-20(26)14-7-16-17-11(5-10-3-4-12(23)6-15(10)21-17)8-22(16)18(24)13(14)9-27-19(20)25;1-2-20(25)14-8-16-17-12(7-11-5-3-4-6-15(11)21-17)9-22(16)18(23)13(14)10-26-19(20)24/h3-7,23,26H,2,8-9H2,1H3;3-8,25H,2,9-10H2,1H3. The SMILES string of the molecule is CCC1(O)C(=O)OCc2c1cc1n(c2=O)Cc2cc3ccc(O)cc3nc2-1.CCC1(O)C(=O)OCc2c1cc1n(c2=O)Cc2cc3ccccc3nc2-1. The van der Waals surface area contributed by atoms with E-state index < -0.39 is 23.1 Å². The molecule has 4 aliphatic rings. The minimum atomic E-state index is -1.83. The molecule has 2 unspecified atom stereocenters. The second kappa shape index (κ2) is 11.4. The maximum atomic E-state index is 13.0. The molecular formula is C40H32N4O9. The van der Waals surface area contributed by atoms with Gasteiger partial charge in [-0.2, -0.15) is 0 Å². The summed E-state index contributed by atoms with van der Waals surface area (Å²) in [6, 6.07) is 20.1. The van der Waals surface area contributed by atoms with Crippen LogP contribution in [0, 0.1) is 0 Å². The van der Waals surface area contributed by atoms with E-state index in [1.165, 1.54) is 0 Å². The molecule has 0 fully saturated rings. The van der Waals surface area contributed by atoms with Gasteiger partial charge in [-0.05, 0) is 55.3 Å². The minimum Gasteiger partial charge on any atom is -0.508 e. The summed E-state index contributed by atoms with van der Waals surface area (Å²) in [6.07, 6.45) is 0.243. The molecule has 8 heterocycles. The molecule has 0 saturated heterocycles. The number of phenols is 1. The van der Waals surface area contributed by atoms with Crippen LogP contribution in [0.25, 0.3) is 44.6 Å². The Labute approximate surface area is 300 Å². The summed E-state index contributed by atoms with van der Waals surface area (Å²) in [5.41, 5.74) is 2.95. The van der Waals surface area contributed by atoms with Crippen molar-refractivity contribution in [3.05, 3.63) is 121 Å². The van der Waals surface area contributed by atoms with Crippen molar-refractivity contribution in [2.24, 2.45) is 0 Å². The molecule has 13 nitrogen and oxygen atoms in total. The predicted octanol–water partition coefficient (Wildman–Crippen LogP) is 3.86. The van der Waals surface area contributed by atoms with Crippen molar-refractivity contribution in [1.82, 2.24) is 19.1 Å². The third-order valence-corrected chi connectivity index (χ3v) is 10.9. The van der Waals surface area contributed by atoms with Gasteiger partial charge in [0, 0.05) is 39.1 Å². The fourth-order valence-corrected chi connectivity index (χ4v) is 7.89. The first-order chi connectivity index (χ1) is 25.4. The number of aliphatic hydroxyl groups is 2. The van der Waals surface area contributed by atoms with Gasteiger partial charge < -0.3 is 33.9 Å². The zero-order chi connectivity index (χ0) is 37.0. The van der Waals surface area contributed by atoms with Gasteiger partial charge in [-0.25, -0.2) is 19.6 Å². The van der Waals surface area contributed by atoms with E-state index >= 15 is 0 Å². The van der Waals surface area contributed by atoms with E-state index in [9.17, 15) is 34.5 Å². The van der Waals surface area contributed by atoms with Crippen LogP contribution in [-0.2, 0) is 56.6 Å². The summed E-state index contributed by atoms with van der Waals surface area (Å²) in [6.45, 7) is 3.90. The zero-order valence-electron chi connectivity index (χ0n) is 28.7. The van der Waals surface area contributed by atoms with Crippen molar-refractivity contribution >= 4 is 33.7 Å². The molecular weight excluding hydrogens is 680 g/mol. The van der Waals surface area contributed by atoms with E-state index in [1.807, 2.05) is 36.4 Å². The van der Waals surface area contributed by atoms with Crippen LogP contribution in [0.4, 0.5) is 0 Å². The predicted molar refractivity (Wildman–Crippen MR) is 191 cm³/mol. The van der Waals surface area contributed by atoms with Crippen LogP contribution in [0.3, 0.4) is 0 Å². The van der Waals surface area contributed by atoms with Crippen LogP contribution >= 0.6 is 0 Å². The molecule has 53 heavy (non-hydrogen) atoms. The third-order valence-electron chi connectivity index (χ3n) is 10.9. The van der Waals surface area contributed by atoms with Crippen LogP contribution in [0.1, 0.15) is 60.1 Å². The summed E-state index contributed by atoms with van der Waals surface area (Å²) in [4.78, 5) is 59.7. The lowest BCUT2D eigenvalue weighted by atomic mass is 9.86. The number of cyclic esters (lactones) is 2. The van der Waals surface area contributed by atoms with E-state index in [2.05, 4.69) is 4.98 Å². The fourth-order valence-electron chi connectivity index (χ4n) is 7.89. The van der Waals surface area contributed by atoms with Crippen LogP contribution in [-0.4, -0.2) is 46.4 Å². The highest BCUT2D eigenvalue weighted by atomic mass is 16.6. The highest BCUT2D eigenvalue weighted by Crippen LogP contribution is 2.40. The van der Waals surface area contributed by atoms with Gasteiger partial charge in [-0.15, -0.1) is 0 Å². The molecule has 0 saturated carbocycles. The van der Waals surface area contributed by atoms with Crippen molar-refractivity contribution in [3.8, 4) is 28.5 Å². The van der Waals surface area contributed by atoms with Gasteiger partial charge in [-0.3, -0.25) is 9.59 Å². The lowest BCUT2D eigenvalue weighted by Crippen LogP contribution is -2.44. The Kier molecular flexibility index (Phi) is 7.04.